The summed E-state index contributed by atoms with van der Waals surface area (Å²) in [6.45, 7) is 1.69. The Morgan fingerprint density at radius 1 is 1.26 bits per heavy atom. The second-order valence-electron chi connectivity index (χ2n) is 8.10. The van der Waals surface area contributed by atoms with Gasteiger partial charge in [0, 0.05) is 37.6 Å². The lowest BCUT2D eigenvalue weighted by molar-refractivity contribution is -0.133. The molecule has 1 N–H and O–H groups in total. The zero-order valence-corrected chi connectivity index (χ0v) is 19.5. The van der Waals surface area contributed by atoms with E-state index < -0.39 is 36.6 Å². The van der Waals surface area contributed by atoms with E-state index in [0.717, 1.165) is 5.01 Å². The van der Waals surface area contributed by atoms with Crippen LogP contribution in [0.25, 0.3) is 0 Å². The predicted octanol–water partition coefficient (Wildman–Crippen LogP) is 2.62. The number of hydrogen-bond donors (Lipinski definition) is 1. The van der Waals surface area contributed by atoms with E-state index in [1.54, 1.807) is 18.3 Å². The van der Waals surface area contributed by atoms with Crippen LogP contribution in [0.2, 0.25) is 0 Å². The number of carbonyl (C=O) groups excluding carboxylic acids is 3. The molecule has 2 amide bonds. The summed E-state index contributed by atoms with van der Waals surface area (Å²) in [7, 11) is 0. The molecule has 1 aromatic carbocycles. The first-order valence-corrected chi connectivity index (χ1v) is 12.0. The van der Waals surface area contributed by atoms with Crippen molar-refractivity contribution in [3.8, 4) is 0 Å². The molecule has 188 valence electrons. The number of nitrogens with one attached hydrogen (secondary N) is 1. The van der Waals surface area contributed by atoms with E-state index in [4.69, 9.17) is 4.74 Å². The van der Waals surface area contributed by atoms with Crippen LogP contribution < -0.4 is 15.2 Å². The Labute approximate surface area is 203 Å². The Kier molecular flexibility index (Phi) is 7.86. The first kappa shape index (κ1) is 24.9. The maximum absolute atomic E-state index is 15.0. The van der Waals surface area contributed by atoms with Crippen molar-refractivity contribution in [3.05, 3.63) is 40.6 Å². The number of nitrogens with zero attached hydrogens (tertiary/aromatic N) is 4. The quantitative estimate of drug-likeness (QED) is 0.582. The van der Waals surface area contributed by atoms with Crippen molar-refractivity contribution in [2.24, 2.45) is 0 Å². The number of carbonyl (C=O) groups is 3. The van der Waals surface area contributed by atoms with Crippen molar-refractivity contribution in [2.75, 3.05) is 42.5 Å². The second kappa shape index (κ2) is 11.0. The second-order valence-corrected chi connectivity index (χ2v) is 9.08. The van der Waals surface area contributed by atoms with Crippen LogP contribution in [0.3, 0.4) is 0 Å². The third kappa shape index (κ3) is 6.09. The number of rotatable bonds is 8. The molecular weight excluding hydrogens is 487 g/mol. The van der Waals surface area contributed by atoms with Crippen LogP contribution in [0.5, 0.6) is 0 Å². The molecular formula is C22H24F3N5O4S. The molecule has 2 aliphatic heterocycles. The molecule has 0 saturated carbocycles. The van der Waals surface area contributed by atoms with E-state index >= 15 is 4.39 Å². The molecule has 9 nitrogen and oxygen atoms in total. The molecule has 2 saturated heterocycles. The fourth-order valence-corrected chi connectivity index (χ4v) is 4.57. The lowest BCUT2D eigenvalue weighted by atomic mass is 10.1. The molecule has 0 spiro atoms. The van der Waals surface area contributed by atoms with Crippen LogP contribution in [-0.2, 0) is 20.7 Å². The van der Waals surface area contributed by atoms with Gasteiger partial charge in [0.05, 0.1) is 30.9 Å². The van der Waals surface area contributed by atoms with Crippen LogP contribution in [0.1, 0.15) is 17.8 Å². The van der Waals surface area contributed by atoms with Crippen LogP contribution in [0.15, 0.2) is 29.8 Å². The van der Waals surface area contributed by atoms with Crippen molar-refractivity contribution < 1.29 is 32.3 Å². The number of anilines is 2. The van der Waals surface area contributed by atoms with Crippen molar-refractivity contribution in [1.82, 2.24) is 15.4 Å². The number of halogens is 3. The normalized spacial score (nSPS) is 18.7. The maximum atomic E-state index is 15.0. The average Bonchev–Trinajstić information content (AvgIpc) is 3.39. The minimum atomic E-state index is -3.05. The first-order chi connectivity index (χ1) is 16.8. The molecule has 0 radical (unpaired) electrons. The average molecular weight is 512 g/mol. The molecule has 2 fully saturated rings. The fourth-order valence-electron chi connectivity index (χ4n) is 3.97. The highest BCUT2D eigenvalue weighted by atomic mass is 32.1. The van der Waals surface area contributed by atoms with Gasteiger partial charge in [-0.05, 0) is 24.6 Å². The Morgan fingerprint density at radius 2 is 2.09 bits per heavy atom. The van der Waals surface area contributed by atoms with Crippen LogP contribution in [0, 0.1) is 5.82 Å². The third-order valence-electron chi connectivity index (χ3n) is 5.78. The van der Waals surface area contributed by atoms with Gasteiger partial charge in [-0.3, -0.25) is 19.5 Å². The monoisotopic (exact) mass is 511 g/mol. The van der Waals surface area contributed by atoms with E-state index in [-0.39, 0.29) is 31.0 Å². The minimum absolute atomic E-state index is 0.0233. The van der Waals surface area contributed by atoms with Crippen molar-refractivity contribution in [1.29, 1.82) is 0 Å². The summed E-state index contributed by atoms with van der Waals surface area (Å²) >= 11 is 1.41. The number of ketones is 1. The summed E-state index contributed by atoms with van der Waals surface area (Å²) in [6.07, 6.45) is -3.09. The molecule has 0 aliphatic carbocycles. The molecule has 2 aliphatic rings. The van der Waals surface area contributed by atoms with Gasteiger partial charge in [-0.2, -0.15) is 0 Å². The van der Waals surface area contributed by atoms with Crippen LogP contribution in [0.4, 0.5) is 29.3 Å². The van der Waals surface area contributed by atoms with E-state index in [2.05, 4.69) is 10.4 Å². The zero-order valence-electron chi connectivity index (χ0n) is 18.7. The maximum Gasteiger partial charge on any atom is 0.414 e. The Balaban J connectivity index is 1.35. The summed E-state index contributed by atoms with van der Waals surface area (Å²) in [5.41, 5.74) is 3.66. The van der Waals surface area contributed by atoms with Crippen molar-refractivity contribution >= 4 is 40.5 Å². The van der Waals surface area contributed by atoms with E-state index in [1.165, 1.54) is 27.3 Å². The molecule has 1 atom stereocenters. The number of amides is 2. The lowest BCUT2D eigenvalue weighted by Gasteiger charge is -2.24. The predicted molar refractivity (Wildman–Crippen MR) is 122 cm³/mol. The molecule has 0 bridgehead atoms. The molecule has 4 rings (SSSR count). The van der Waals surface area contributed by atoms with Gasteiger partial charge in [-0.1, -0.05) is 0 Å². The van der Waals surface area contributed by atoms with Gasteiger partial charge in [-0.15, -0.1) is 11.3 Å². The topological polar surface area (TPSA) is 95.1 Å². The zero-order chi connectivity index (χ0) is 24.9. The Bertz CT molecular complexity index is 1070. The van der Waals surface area contributed by atoms with Crippen molar-refractivity contribution in [3.63, 3.8) is 0 Å². The highest BCUT2D eigenvalue weighted by Gasteiger charge is 2.33. The van der Waals surface area contributed by atoms with Crippen molar-refractivity contribution in [2.45, 2.75) is 31.8 Å². The number of hydrazine groups is 1. The number of aromatic nitrogens is 1. The summed E-state index contributed by atoms with van der Waals surface area (Å²) in [5.74, 6) is -1.87. The largest absolute Gasteiger partial charge is 0.444 e. The molecule has 1 aromatic heterocycles. The van der Waals surface area contributed by atoms with Gasteiger partial charge < -0.3 is 9.64 Å². The van der Waals surface area contributed by atoms with Gasteiger partial charge in [-0.25, -0.2) is 28.4 Å². The lowest BCUT2D eigenvalue weighted by Crippen LogP contribution is -2.44. The minimum Gasteiger partial charge on any atom is -0.444 e. The number of ether oxygens (including phenoxy) is 1. The molecule has 2 aromatic rings. The number of benzene rings is 1. The van der Waals surface area contributed by atoms with Crippen LogP contribution >= 0.6 is 11.3 Å². The molecule has 3 heterocycles. The highest BCUT2D eigenvalue weighted by molar-refractivity contribution is 7.09. The highest BCUT2D eigenvalue weighted by Crippen LogP contribution is 2.29. The summed E-state index contributed by atoms with van der Waals surface area (Å²) < 4.78 is 44.9. The summed E-state index contributed by atoms with van der Waals surface area (Å²) in [6, 6.07) is 4.35. The fraction of sp³-hybridized carbons (Fsp3) is 0.455. The number of Topliss-reactive ketones (excluding diaryl/α,β-unsaturated/α-hetero) is 1. The smallest absolute Gasteiger partial charge is 0.414 e. The van der Waals surface area contributed by atoms with Gasteiger partial charge in [0.25, 0.3) is 6.43 Å². The Morgan fingerprint density at radius 3 is 2.80 bits per heavy atom. The van der Waals surface area contributed by atoms with E-state index in [9.17, 15) is 23.2 Å². The molecule has 13 heteroatoms. The first-order valence-electron chi connectivity index (χ1n) is 11.1. The van der Waals surface area contributed by atoms with E-state index in [0.29, 0.717) is 31.9 Å². The van der Waals surface area contributed by atoms with Crippen LogP contribution in [-0.4, -0.2) is 73.0 Å². The number of cyclic esters (lactones) is 1. The summed E-state index contributed by atoms with van der Waals surface area (Å²) in [4.78, 5) is 43.0. The van der Waals surface area contributed by atoms with Gasteiger partial charge in [0.15, 0.2) is 5.78 Å². The van der Waals surface area contributed by atoms with Gasteiger partial charge >= 0.3 is 6.09 Å². The van der Waals surface area contributed by atoms with E-state index in [1.807, 2.05) is 10.3 Å². The summed E-state index contributed by atoms with van der Waals surface area (Å²) in [5, 5.41) is 4.05. The Hall–Kier alpha value is -3.19. The third-order valence-corrected chi connectivity index (χ3v) is 6.56. The number of hydrogen-bond acceptors (Lipinski definition) is 8. The number of thiazole rings is 1. The number of alkyl halides is 2. The van der Waals surface area contributed by atoms with Gasteiger partial charge in [0.1, 0.15) is 16.9 Å². The molecule has 0 unspecified atom stereocenters. The molecule has 35 heavy (non-hydrogen) atoms. The van der Waals surface area contributed by atoms with Gasteiger partial charge in [0.2, 0.25) is 5.91 Å². The SMILES string of the molecule is O=C(CC[C@H]1CN(c2ccc(N3CCNN(C(=O)Cc4nccs4)CC3)c(F)c2)C(=O)O1)C(F)F. The standard InChI is InChI=1S/C22H24F3N5O4S/c23-16-11-14(29-13-15(34-22(29)33)2-4-18(31)21(24)25)1-3-17(16)28-7-5-27-30(9-8-28)20(32)12-19-26-6-10-35-19/h1,3,6,10-11,15,21,27H,2,4-5,7-9,12-13H2/t15-/m0/s1.